The van der Waals surface area contributed by atoms with E-state index in [0.717, 1.165) is 22.8 Å². The molecule has 1 unspecified atom stereocenters. The maximum Gasteiger partial charge on any atom is 0.241 e. The lowest BCUT2D eigenvalue weighted by molar-refractivity contribution is -0.157. The predicted molar refractivity (Wildman–Crippen MR) is 141 cm³/mol. The van der Waals surface area contributed by atoms with Crippen molar-refractivity contribution in [3.8, 4) is 0 Å². The summed E-state index contributed by atoms with van der Waals surface area (Å²) >= 11 is 0. The van der Waals surface area contributed by atoms with Crippen LogP contribution in [0.25, 0.3) is 10.8 Å². The van der Waals surface area contributed by atoms with Crippen molar-refractivity contribution in [3.05, 3.63) is 48.0 Å². The number of hydrazine groups is 1. The second kappa shape index (κ2) is 11.1. The van der Waals surface area contributed by atoms with Gasteiger partial charge in [0.2, 0.25) is 17.7 Å². The number of primary amides is 1. The van der Waals surface area contributed by atoms with Gasteiger partial charge in [-0.3, -0.25) is 29.7 Å². The Morgan fingerprint density at radius 3 is 2.62 bits per heavy atom. The average molecular weight is 509 g/mol. The summed E-state index contributed by atoms with van der Waals surface area (Å²) < 4.78 is 0. The van der Waals surface area contributed by atoms with Crippen LogP contribution in [-0.2, 0) is 20.9 Å². The van der Waals surface area contributed by atoms with E-state index in [4.69, 9.17) is 17.2 Å². The average Bonchev–Trinajstić information content (AvgIpc) is 3.25. The summed E-state index contributed by atoms with van der Waals surface area (Å²) in [5.41, 5.74) is 17.1. The Balaban J connectivity index is 1.42. The summed E-state index contributed by atoms with van der Waals surface area (Å²) in [7, 11) is 0. The number of aliphatic imine (C=N–C) groups is 1. The molecule has 11 nitrogen and oxygen atoms in total. The van der Waals surface area contributed by atoms with Gasteiger partial charge < -0.3 is 22.1 Å². The van der Waals surface area contributed by atoms with Crippen LogP contribution in [-0.4, -0.2) is 76.5 Å². The van der Waals surface area contributed by atoms with Gasteiger partial charge in [0.1, 0.15) is 6.04 Å². The fourth-order valence-electron chi connectivity index (χ4n) is 5.42. The number of hydrogen-bond donors (Lipinski definition) is 4. The number of fused-ring (bicyclic) bond motifs is 1. The molecular formula is C26H36N8O3. The lowest BCUT2D eigenvalue weighted by Gasteiger charge is -2.40. The van der Waals surface area contributed by atoms with Gasteiger partial charge in [-0.1, -0.05) is 42.5 Å². The van der Waals surface area contributed by atoms with E-state index in [1.54, 1.807) is 5.01 Å². The number of piperidine rings is 1. The molecule has 0 aliphatic carbocycles. The van der Waals surface area contributed by atoms with Gasteiger partial charge in [-0.15, -0.1) is 0 Å². The summed E-state index contributed by atoms with van der Waals surface area (Å²) in [5.74, 6) is -0.848. The minimum Gasteiger partial charge on any atom is -0.370 e. The first-order valence-corrected chi connectivity index (χ1v) is 12.6. The van der Waals surface area contributed by atoms with Gasteiger partial charge in [0.05, 0.1) is 6.67 Å². The second-order valence-corrected chi connectivity index (χ2v) is 9.89. The van der Waals surface area contributed by atoms with Crippen LogP contribution in [0.2, 0.25) is 0 Å². The van der Waals surface area contributed by atoms with E-state index in [1.807, 2.05) is 23.1 Å². The van der Waals surface area contributed by atoms with Gasteiger partial charge in [-0.05, 0) is 35.6 Å². The van der Waals surface area contributed by atoms with E-state index in [-0.39, 0.29) is 17.8 Å². The first-order valence-electron chi connectivity index (χ1n) is 12.6. The van der Waals surface area contributed by atoms with Crippen molar-refractivity contribution in [3.63, 3.8) is 0 Å². The molecule has 11 heteroatoms. The Labute approximate surface area is 216 Å². The molecule has 198 valence electrons. The van der Waals surface area contributed by atoms with Crippen LogP contribution in [0.5, 0.6) is 0 Å². The number of amides is 3. The molecule has 0 bridgehead atoms. The maximum atomic E-state index is 13.3. The molecule has 2 atom stereocenters. The number of likely N-dealkylation sites (tertiary alicyclic amines) is 1. The number of rotatable bonds is 9. The van der Waals surface area contributed by atoms with Crippen molar-refractivity contribution in [2.24, 2.45) is 22.2 Å². The highest BCUT2D eigenvalue weighted by Gasteiger charge is 2.46. The lowest BCUT2D eigenvalue weighted by Crippen LogP contribution is -2.57. The number of guanidine groups is 1. The van der Waals surface area contributed by atoms with Crippen molar-refractivity contribution < 1.29 is 14.4 Å². The number of carbonyl (C=O) groups excluding carboxylic acids is 3. The highest BCUT2D eigenvalue weighted by molar-refractivity contribution is 5.87. The highest BCUT2D eigenvalue weighted by Crippen LogP contribution is 2.31. The van der Waals surface area contributed by atoms with Gasteiger partial charge in [0.15, 0.2) is 5.96 Å². The van der Waals surface area contributed by atoms with Crippen LogP contribution in [0.4, 0.5) is 0 Å². The molecule has 0 radical (unpaired) electrons. The monoisotopic (exact) mass is 508 g/mol. The molecule has 37 heavy (non-hydrogen) atoms. The van der Waals surface area contributed by atoms with Gasteiger partial charge in [-0.2, -0.15) is 0 Å². The fourth-order valence-corrected chi connectivity index (χ4v) is 5.42. The summed E-state index contributed by atoms with van der Waals surface area (Å²) in [6.07, 6.45) is 1.86. The SMILES string of the molecule is CC(=O)N(C(CCCN=C(N)N)C(N)=O)N1CN[C@@]2(CCN(Cc3cccc4ccccc34)C(=O)C2)C1. The molecule has 0 aromatic heterocycles. The van der Waals surface area contributed by atoms with Crippen LogP contribution in [0.3, 0.4) is 0 Å². The number of nitrogens with one attached hydrogen (secondary N) is 1. The molecule has 1 spiro atoms. The van der Waals surface area contributed by atoms with Gasteiger partial charge in [-0.25, -0.2) is 5.01 Å². The molecule has 2 aliphatic heterocycles. The van der Waals surface area contributed by atoms with Crippen LogP contribution >= 0.6 is 0 Å². The van der Waals surface area contributed by atoms with Crippen LogP contribution in [0.15, 0.2) is 47.5 Å². The van der Waals surface area contributed by atoms with Crippen molar-refractivity contribution >= 4 is 34.5 Å². The Bertz CT molecular complexity index is 1190. The third-order valence-electron chi connectivity index (χ3n) is 7.25. The summed E-state index contributed by atoms with van der Waals surface area (Å²) in [6, 6.07) is 13.5. The Hall–Kier alpha value is -3.70. The van der Waals surface area contributed by atoms with Crippen molar-refractivity contribution in [1.82, 2.24) is 20.2 Å². The molecule has 2 heterocycles. The molecule has 2 saturated heterocycles. The zero-order valence-electron chi connectivity index (χ0n) is 21.2. The Kier molecular flexibility index (Phi) is 7.94. The standard InChI is InChI=1S/C26H36N8O3/c1-18(35)34(22(24(27)37)10-5-12-30-25(28)29)33-16-26(31-17-33)11-13-32(23(36)14-26)15-20-8-4-7-19-6-2-3-9-21(19)20/h2-4,6-9,22,31H,5,10-17H2,1H3,(H2,27,37)(H4,28,29,30)/t22?,26-/m1/s1. The molecule has 7 N–H and O–H groups in total. The number of hydrogen-bond acceptors (Lipinski definition) is 6. The molecule has 2 aromatic carbocycles. The van der Waals surface area contributed by atoms with Crippen molar-refractivity contribution in [2.45, 2.75) is 50.7 Å². The van der Waals surface area contributed by atoms with E-state index in [9.17, 15) is 14.4 Å². The zero-order valence-corrected chi connectivity index (χ0v) is 21.2. The second-order valence-electron chi connectivity index (χ2n) is 9.89. The van der Waals surface area contributed by atoms with Gasteiger partial charge in [0.25, 0.3) is 0 Å². The molecule has 3 amide bonds. The molecule has 4 rings (SSSR count). The highest BCUT2D eigenvalue weighted by atomic mass is 16.2. The smallest absolute Gasteiger partial charge is 0.241 e. The summed E-state index contributed by atoms with van der Waals surface area (Å²) in [5, 5.41) is 8.98. The Morgan fingerprint density at radius 1 is 1.16 bits per heavy atom. The van der Waals surface area contributed by atoms with Gasteiger partial charge in [0, 0.05) is 45.1 Å². The van der Waals surface area contributed by atoms with Crippen molar-refractivity contribution in [2.75, 3.05) is 26.3 Å². The molecule has 0 saturated carbocycles. The zero-order chi connectivity index (χ0) is 26.6. The topological polar surface area (TPSA) is 163 Å². The third-order valence-corrected chi connectivity index (χ3v) is 7.25. The van der Waals surface area contributed by atoms with Crippen LogP contribution < -0.4 is 22.5 Å². The first kappa shape index (κ1) is 26.4. The van der Waals surface area contributed by atoms with Gasteiger partial charge >= 0.3 is 0 Å². The van der Waals surface area contributed by atoms with E-state index in [2.05, 4.69) is 34.6 Å². The van der Waals surface area contributed by atoms with E-state index in [1.165, 1.54) is 11.9 Å². The first-order chi connectivity index (χ1) is 17.7. The summed E-state index contributed by atoms with van der Waals surface area (Å²) in [6.45, 7) is 3.67. The van der Waals surface area contributed by atoms with E-state index >= 15 is 0 Å². The maximum absolute atomic E-state index is 13.3. The minimum atomic E-state index is -0.828. The molecule has 2 aliphatic rings. The number of nitrogens with zero attached hydrogens (tertiary/aromatic N) is 4. The van der Waals surface area contributed by atoms with Crippen molar-refractivity contribution in [1.29, 1.82) is 0 Å². The predicted octanol–water partition coefficient (Wildman–Crippen LogP) is 0.235. The van der Waals surface area contributed by atoms with Crippen LogP contribution in [0, 0.1) is 0 Å². The molecule has 2 fully saturated rings. The fraction of sp³-hybridized carbons (Fsp3) is 0.462. The van der Waals surface area contributed by atoms with E-state index in [0.29, 0.717) is 52.1 Å². The largest absolute Gasteiger partial charge is 0.370 e. The quantitative estimate of drug-likeness (QED) is 0.214. The molecule has 2 aromatic rings. The van der Waals surface area contributed by atoms with Crippen LogP contribution in [0.1, 0.15) is 38.2 Å². The minimum absolute atomic E-state index is 0.0267. The normalized spacial score (nSPS) is 20.8. The van der Waals surface area contributed by atoms with E-state index < -0.39 is 17.5 Å². The third kappa shape index (κ3) is 6.00. The lowest BCUT2D eigenvalue weighted by atomic mass is 9.87. The number of carbonyl (C=O) groups is 3. The summed E-state index contributed by atoms with van der Waals surface area (Å²) in [4.78, 5) is 44.0. The number of nitrogens with two attached hydrogens (primary N) is 3. The Morgan fingerprint density at radius 2 is 1.92 bits per heavy atom. The molecular weight excluding hydrogens is 472 g/mol. The number of benzene rings is 2.